The number of methoxy groups -OCH3 is 1. The summed E-state index contributed by atoms with van der Waals surface area (Å²) in [6, 6.07) is -1.55. The molecule has 1 unspecified atom stereocenters. The summed E-state index contributed by atoms with van der Waals surface area (Å²) in [5.41, 5.74) is -3.36. The van der Waals surface area contributed by atoms with Crippen molar-refractivity contribution in [2.75, 3.05) is 19.0 Å². The molecule has 0 bridgehead atoms. The zero-order valence-electron chi connectivity index (χ0n) is 19.6. The van der Waals surface area contributed by atoms with E-state index in [0.717, 1.165) is 7.11 Å². The molecule has 1 rings (SSSR count). The van der Waals surface area contributed by atoms with Crippen molar-refractivity contribution >= 4 is 40.5 Å². The highest BCUT2D eigenvalue weighted by Gasteiger charge is 2.41. The summed E-state index contributed by atoms with van der Waals surface area (Å²) in [6.07, 6.45) is -7.05. The molecule has 0 saturated carbocycles. The van der Waals surface area contributed by atoms with Crippen LogP contribution < -0.4 is 16.0 Å². The molecular formula is C19H27F3N4O7S. The molecule has 3 N–H and O–H groups in total. The standard InChI is InChI=1S/C19H27F3N4O7S/c1-17(2,3)32-15(29)23-8-9(13(28)31-7)24-12(27)10-11(19(20,21)22)25-14(34-10)26-16(30)33-18(4,5)6/h9H,8H2,1-7H3,(H,23,29)(H,24,27)(H,25,26,30). The lowest BCUT2D eigenvalue weighted by molar-refractivity contribution is -0.142. The highest BCUT2D eigenvalue weighted by atomic mass is 32.1. The minimum atomic E-state index is -5.05. The van der Waals surface area contributed by atoms with Gasteiger partial charge in [-0.2, -0.15) is 13.2 Å². The molecule has 192 valence electrons. The van der Waals surface area contributed by atoms with Crippen molar-refractivity contribution in [1.82, 2.24) is 15.6 Å². The molecule has 0 aromatic carbocycles. The maximum Gasteiger partial charge on any atom is 0.435 e. The number of rotatable bonds is 6. The lowest BCUT2D eigenvalue weighted by Gasteiger charge is -2.21. The van der Waals surface area contributed by atoms with Crippen molar-refractivity contribution in [3.63, 3.8) is 0 Å². The number of alkyl halides is 3. The molecule has 15 heteroatoms. The summed E-state index contributed by atoms with van der Waals surface area (Å²) in [6.45, 7) is 8.90. The van der Waals surface area contributed by atoms with Gasteiger partial charge in [0.1, 0.15) is 22.1 Å². The first kappa shape index (κ1) is 28.9. The van der Waals surface area contributed by atoms with E-state index in [1.54, 1.807) is 41.5 Å². The maximum absolute atomic E-state index is 13.5. The predicted molar refractivity (Wildman–Crippen MR) is 114 cm³/mol. The van der Waals surface area contributed by atoms with Crippen molar-refractivity contribution in [3.8, 4) is 0 Å². The number of esters is 1. The Labute approximate surface area is 197 Å². The molecule has 0 radical (unpaired) electrons. The second-order valence-corrected chi connectivity index (χ2v) is 9.75. The Morgan fingerprint density at radius 2 is 1.50 bits per heavy atom. The first-order chi connectivity index (χ1) is 15.3. The summed E-state index contributed by atoms with van der Waals surface area (Å²) < 4.78 is 54.9. The third kappa shape index (κ3) is 9.80. The van der Waals surface area contributed by atoms with Crippen molar-refractivity contribution < 1.29 is 46.6 Å². The van der Waals surface area contributed by atoms with Gasteiger partial charge in [0, 0.05) is 0 Å². The van der Waals surface area contributed by atoms with Crippen molar-refractivity contribution in [1.29, 1.82) is 0 Å². The smallest absolute Gasteiger partial charge is 0.435 e. The highest BCUT2D eigenvalue weighted by molar-refractivity contribution is 7.17. The Balaban J connectivity index is 3.08. The number of alkyl carbamates (subject to hydrolysis) is 1. The van der Waals surface area contributed by atoms with Gasteiger partial charge in [-0.25, -0.2) is 19.4 Å². The summed E-state index contributed by atoms with van der Waals surface area (Å²) in [5.74, 6) is -2.36. The lowest BCUT2D eigenvalue weighted by atomic mass is 10.2. The number of hydrogen-bond acceptors (Lipinski definition) is 9. The molecule has 0 aliphatic carbocycles. The Kier molecular flexibility index (Phi) is 9.26. The van der Waals surface area contributed by atoms with Gasteiger partial charge in [-0.3, -0.25) is 10.1 Å². The van der Waals surface area contributed by atoms with Crippen molar-refractivity contribution in [2.45, 2.75) is 65.0 Å². The van der Waals surface area contributed by atoms with E-state index in [0.29, 0.717) is 0 Å². The fraction of sp³-hybridized carbons (Fsp3) is 0.632. The molecule has 1 aromatic rings. The van der Waals surface area contributed by atoms with Gasteiger partial charge >= 0.3 is 24.3 Å². The number of carbonyl (C=O) groups is 4. The van der Waals surface area contributed by atoms with Crippen LogP contribution in [0.25, 0.3) is 0 Å². The van der Waals surface area contributed by atoms with Crippen LogP contribution in [0.5, 0.6) is 0 Å². The molecule has 0 spiro atoms. The van der Waals surface area contributed by atoms with Crippen LogP contribution in [0.1, 0.15) is 56.9 Å². The SMILES string of the molecule is COC(=O)C(CNC(=O)OC(C)(C)C)NC(=O)c1sc(NC(=O)OC(C)(C)C)nc1C(F)(F)F. The number of nitrogens with one attached hydrogen (secondary N) is 3. The van der Waals surface area contributed by atoms with E-state index in [1.165, 1.54) is 0 Å². The van der Waals surface area contributed by atoms with E-state index in [4.69, 9.17) is 9.47 Å². The van der Waals surface area contributed by atoms with E-state index in [-0.39, 0.29) is 11.3 Å². The topological polar surface area (TPSA) is 145 Å². The van der Waals surface area contributed by atoms with Crippen LogP contribution in [-0.2, 0) is 25.2 Å². The van der Waals surface area contributed by atoms with Crippen LogP contribution in [0.4, 0.5) is 27.9 Å². The van der Waals surface area contributed by atoms with E-state index < -0.39 is 69.7 Å². The monoisotopic (exact) mass is 512 g/mol. The van der Waals surface area contributed by atoms with Crippen LogP contribution in [0.2, 0.25) is 0 Å². The number of aromatic nitrogens is 1. The number of ether oxygens (including phenoxy) is 3. The quantitative estimate of drug-likeness (QED) is 0.389. The van der Waals surface area contributed by atoms with Crippen LogP contribution >= 0.6 is 11.3 Å². The van der Waals surface area contributed by atoms with E-state index in [9.17, 15) is 32.3 Å². The van der Waals surface area contributed by atoms with Crippen LogP contribution in [-0.4, -0.2) is 59.9 Å². The van der Waals surface area contributed by atoms with Gasteiger partial charge in [-0.15, -0.1) is 0 Å². The zero-order valence-corrected chi connectivity index (χ0v) is 20.4. The third-order valence-electron chi connectivity index (χ3n) is 3.35. The minimum Gasteiger partial charge on any atom is -0.467 e. The van der Waals surface area contributed by atoms with Gasteiger partial charge in [-0.05, 0) is 41.5 Å². The lowest BCUT2D eigenvalue weighted by Crippen LogP contribution is -2.49. The van der Waals surface area contributed by atoms with Crippen molar-refractivity contribution in [2.24, 2.45) is 0 Å². The van der Waals surface area contributed by atoms with Gasteiger partial charge < -0.3 is 24.8 Å². The number of halogens is 3. The average molecular weight is 513 g/mol. The Bertz CT molecular complexity index is 920. The number of nitrogens with zero attached hydrogens (tertiary/aromatic N) is 1. The van der Waals surface area contributed by atoms with Gasteiger partial charge in [0.25, 0.3) is 5.91 Å². The zero-order chi connectivity index (χ0) is 26.5. The molecule has 3 amide bonds. The first-order valence-corrected chi connectivity index (χ1v) is 10.6. The van der Waals surface area contributed by atoms with E-state index >= 15 is 0 Å². The number of carbonyl (C=O) groups excluding carboxylic acids is 4. The number of amides is 3. The second-order valence-electron chi connectivity index (χ2n) is 8.75. The Morgan fingerprint density at radius 3 is 1.97 bits per heavy atom. The number of anilines is 1. The molecule has 34 heavy (non-hydrogen) atoms. The fourth-order valence-corrected chi connectivity index (χ4v) is 3.04. The molecule has 0 aliphatic rings. The highest BCUT2D eigenvalue weighted by Crippen LogP contribution is 2.36. The van der Waals surface area contributed by atoms with E-state index in [2.05, 4.69) is 20.4 Å². The van der Waals surface area contributed by atoms with Crippen LogP contribution in [0.15, 0.2) is 0 Å². The molecule has 1 atom stereocenters. The molecular weight excluding hydrogens is 485 g/mol. The first-order valence-electron chi connectivity index (χ1n) is 9.76. The molecule has 1 heterocycles. The Hall–Kier alpha value is -3.10. The van der Waals surface area contributed by atoms with Gasteiger partial charge in [0.15, 0.2) is 10.8 Å². The number of hydrogen-bond donors (Lipinski definition) is 3. The van der Waals surface area contributed by atoms with Crippen molar-refractivity contribution in [3.05, 3.63) is 10.6 Å². The van der Waals surface area contributed by atoms with Crippen LogP contribution in [0, 0.1) is 0 Å². The predicted octanol–water partition coefficient (Wildman–Crippen LogP) is 3.31. The summed E-state index contributed by atoms with van der Waals surface area (Å²) >= 11 is 0.223. The maximum atomic E-state index is 13.5. The normalized spacial score (nSPS) is 12.9. The molecule has 11 nitrogen and oxygen atoms in total. The Morgan fingerprint density at radius 1 is 0.971 bits per heavy atom. The third-order valence-corrected chi connectivity index (χ3v) is 4.32. The van der Waals surface area contributed by atoms with Gasteiger partial charge in [-0.1, -0.05) is 11.3 Å². The summed E-state index contributed by atoms with van der Waals surface area (Å²) in [7, 11) is 0.992. The number of thiazole rings is 1. The minimum absolute atomic E-state index is 0.223. The van der Waals surface area contributed by atoms with Crippen LogP contribution in [0.3, 0.4) is 0 Å². The summed E-state index contributed by atoms with van der Waals surface area (Å²) in [5, 5.41) is 5.78. The molecule has 0 fully saturated rings. The van der Waals surface area contributed by atoms with E-state index in [1.807, 2.05) is 5.32 Å². The second kappa shape index (κ2) is 10.9. The average Bonchev–Trinajstić information content (AvgIpc) is 3.05. The fourth-order valence-electron chi connectivity index (χ4n) is 2.17. The molecule has 0 saturated heterocycles. The molecule has 0 aliphatic heterocycles. The van der Waals surface area contributed by atoms with Gasteiger partial charge in [0.05, 0.1) is 13.7 Å². The molecule has 1 aromatic heterocycles. The largest absolute Gasteiger partial charge is 0.467 e. The summed E-state index contributed by atoms with van der Waals surface area (Å²) in [4.78, 5) is 50.6. The van der Waals surface area contributed by atoms with Gasteiger partial charge in [0.2, 0.25) is 0 Å².